The molecule has 0 atom stereocenters. The number of nitrogens with zero attached hydrogens (tertiary/aromatic N) is 2. The Morgan fingerprint density at radius 1 is 0.742 bits per heavy atom. The quantitative estimate of drug-likeness (QED) is 0.548. The Balaban J connectivity index is 1.74. The maximum absolute atomic E-state index is 12.5. The van der Waals surface area contributed by atoms with E-state index >= 15 is 0 Å². The number of hydrogen-bond donors (Lipinski definition) is 1. The van der Waals surface area contributed by atoms with Crippen LogP contribution in [0.2, 0.25) is 0 Å². The highest BCUT2D eigenvalue weighted by Crippen LogP contribution is 2.19. The summed E-state index contributed by atoms with van der Waals surface area (Å²) in [4.78, 5) is 6.03. The molecule has 0 saturated heterocycles. The van der Waals surface area contributed by atoms with Crippen LogP contribution >= 0.6 is 0 Å². The largest absolute Gasteiger partial charge is 0.378 e. The zero-order chi connectivity index (χ0) is 22.6. The van der Waals surface area contributed by atoms with E-state index in [1.165, 1.54) is 36.4 Å². The molecule has 0 saturated carbocycles. The highest BCUT2D eigenvalue weighted by atomic mass is 32.3. The third kappa shape index (κ3) is 5.78. The highest BCUT2D eigenvalue weighted by molar-refractivity contribution is 8.04. The van der Waals surface area contributed by atoms with Gasteiger partial charge >= 0.3 is 0 Å². The molecule has 0 amide bonds. The van der Waals surface area contributed by atoms with Crippen molar-refractivity contribution in [2.75, 3.05) is 19.0 Å². The number of sulfonamides is 2. The molecule has 0 spiro atoms. The van der Waals surface area contributed by atoms with Gasteiger partial charge in [-0.05, 0) is 61.0 Å². The molecule has 162 valence electrons. The number of nitrogens with one attached hydrogen (secondary N) is 1. The number of hydrogen-bond acceptors (Lipinski definition) is 6. The fourth-order valence-corrected chi connectivity index (χ4v) is 5.59. The molecule has 0 aliphatic carbocycles. The molecule has 0 fully saturated rings. The molecule has 3 aromatic carbocycles. The predicted octanol–water partition coefficient (Wildman–Crippen LogP) is 3.48. The molecular formula is C22H23N3O4S2. The summed E-state index contributed by atoms with van der Waals surface area (Å²) in [6, 6.07) is 19.4. The minimum absolute atomic E-state index is 0.122. The van der Waals surface area contributed by atoms with Gasteiger partial charge in [0.2, 0.25) is 0 Å². The van der Waals surface area contributed by atoms with Crippen LogP contribution in [0.3, 0.4) is 0 Å². The lowest BCUT2D eigenvalue weighted by molar-refractivity contribution is 0.577. The van der Waals surface area contributed by atoms with Gasteiger partial charge in [0, 0.05) is 26.0 Å². The van der Waals surface area contributed by atoms with Crippen molar-refractivity contribution in [3.8, 4) is 0 Å². The van der Waals surface area contributed by atoms with E-state index in [1.807, 2.05) is 50.2 Å². The minimum atomic E-state index is -4.27. The van der Waals surface area contributed by atoms with Crippen LogP contribution < -0.4 is 9.03 Å². The second-order valence-electron chi connectivity index (χ2n) is 7.14. The molecule has 0 aliphatic heterocycles. The first-order valence-electron chi connectivity index (χ1n) is 9.34. The third-order valence-electron chi connectivity index (χ3n) is 4.47. The van der Waals surface area contributed by atoms with E-state index < -0.39 is 20.0 Å². The van der Waals surface area contributed by atoms with E-state index in [2.05, 4.69) is 4.99 Å². The molecule has 0 bridgehead atoms. The van der Waals surface area contributed by atoms with Gasteiger partial charge in [0.15, 0.2) is 0 Å². The van der Waals surface area contributed by atoms with E-state index in [-0.39, 0.29) is 9.79 Å². The van der Waals surface area contributed by atoms with Gasteiger partial charge in [0.1, 0.15) is 0 Å². The number of anilines is 1. The molecule has 3 rings (SSSR count). The van der Waals surface area contributed by atoms with Crippen LogP contribution in [0.5, 0.6) is 0 Å². The lowest BCUT2D eigenvalue weighted by atomic mass is 10.2. The topological polar surface area (TPSA) is 95.9 Å². The Hall–Kier alpha value is -3.01. The Morgan fingerprint density at radius 3 is 1.71 bits per heavy atom. The van der Waals surface area contributed by atoms with E-state index in [1.54, 1.807) is 22.5 Å². The summed E-state index contributed by atoms with van der Waals surface area (Å²) in [5.41, 5.74) is 3.37. The fraction of sp³-hybridized carbons (Fsp3) is 0.136. The van der Waals surface area contributed by atoms with Crippen LogP contribution in [0, 0.1) is 6.92 Å². The molecule has 0 radical (unpaired) electrons. The Morgan fingerprint density at radius 2 is 1.23 bits per heavy atom. The van der Waals surface area contributed by atoms with Gasteiger partial charge in [-0.25, -0.2) is 16.8 Å². The van der Waals surface area contributed by atoms with Crippen molar-refractivity contribution in [3.63, 3.8) is 0 Å². The number of aliphatic imine (C=N–C) groups is 1. The Labute approximate surface area is 183 Å². The van der Waals surface area contributed by atoms with E-state index in [0.717, 1.165) is 16.8 Å². The maximum Gasteiger partial charge on any atom is 0.253 e. The zero-order valence-corrected chi connectivity index (χ0v) is 19.0. The molecule has 0 heterocycles. The van der Waals surface area contributed by atoms with Crippen LogP contribution in [0.25, 0.3) is 0 Å². The Kier molecular flexibility index (Phi) is 6.59. The van der Waals surface area contributed by atoms with Crippen molar-refractivity contribution in [2.24, 2.45) is 4.99 Å². The van der Waals surface area contributed by atoms with Crippen molar-refractivity contribution in [3.05, 3.63) is 83.9 Å². The monoisotopic (exact) mass is 457 g/mol. The normalized spacial score (nSPS) is 12.2. The van der Waals surface area contributed by atoms with Gasteiger partial charge < -0.3 is 4.90 Å². The standard InChI is InChI=1S/C22H23N3O4S2/c1-17-4-12-21(13-5-17)30(26,27)24-31(28,29)22-14-8-19(9-15-22)23-16-18-6-10-20(11-7-18)25(2)3/h4-16,24H,1-3H3. The van der Waals surface area contributed by atoms with Crippen LogP contribution in [0.4, 0.5) is 11.4 Å². The summed E-state index contributed by atoms with van der Waals surface area (Å²) in [7, 11) is -4.57. The van der Waals surface area contributed by atoms with E-state index in [9.17, 15) is 16.8 Å². The van der Waals surface area contributed by atoms with Crippen molar-refractivity contribution in [1.82, 2.24) is 4.13 Å². The van der Waals surface area contributed by atoms with Crippen molar-refractivity contribution < 1.29 is 16.8 Å². The van der Waals surface area contributed by atoms with Crippen molar-refractivity contribution in [1.29, 1.82) is 0 Å². The third-order valence-corrected chi connectivity index (χ3v) is 8.01. The first kappa shape index (κ1) is 22.7. The summed E-state index contributed by atoms with van der Waals surface area (Å²) in [6.07, 6.45) is 1.67. The van der Waals surface area contributed by atoms with Crippen LogP contribution in [0.1, 0.15) is 11.1 Å². The first-order valence-corrected chi connectivity index (χ1v) is 12.3. The van der Waals surface area contributed by atoms with Crippen LogP contribution in [-0.4, -0.2) is 37.1 Å². The molecule has 7 nitrogen and oxygen atoms in total. The smallest absolute Gasteiger partial charge is 0.253 e. The second kappa shape index (κ2) is 9.01. The summed E-state index contributed by atoms with van der Waals surface area (Å²) in [5.74, 6) is 0. The second-order valence-corrected chi connectivity index (χ2v) is 10.8. The SMILES string of the molecule is Cc1ccc(S(=O)(=O)NS(=O)(=O)c2ccc(N=Cc3ccc(N(C)C)cc3)cc2)cc1. The average molecular weight is 458 g/mol. The maximum atomic E-state index is 12.5. The van der Waals surface area contributed by atoms with Gasteiger partial charge in [0.05, 0.1) is 15.5 Å². The first-order chi connectivity index (χ1) is 14.6. The van der Waals surface area contributed by atoms with Gasteiger partial charge in [0.25, 0.3) is 20.0 Å². The zero-order valence-electron chi connectivity index (χ0n) is 17.3. The predicted molar refractivity (Wildman–Crippen MR) is 123 cm³/mol. The van der Waals surface area contributed by atoms with Gasteiger partial charge in [-0.1, -0.05) is 29.8 Å². The summed E-state index contributed by atoms with van der Waals surface area (Å²) in [5, 5.41) is 0. The number of aryl methyl sites for hydroxylation is 1. The Bertz CT molecular complexity index is 1280. The molecule has 1 N–H and O–H groups in total. The summed E-state index contributed by atoms with van der Waals surface area (Å²) >= 11 is 0. The fourth-order valence-electron chi connectivity index (χ4n) is 2.68. The van der Waals surface area contributed by atoms with Crippen molar-refractivity contribution in [2.45, 2.75) is 16.7 Å². The summed E-state index contributed by atoms with van der Waals surface area (Å²) < 4.78 is 51.7. The molecule has 9 heteroatoms. The lowest BCUT2D eigenvalue weighted by Gasteiger charge is -2.11. The van der Waals surface area contributed by atoms with Crippen LogP contribution in [-0.2, 0) is 20.0 Å². The number of rotatable bonds is 7. The van der Waals surface area contributed by atoms with E-state index in [4.69, 9.17) is 0 Å². The van der Waals surface area contributed by atoms with E-state index in [0.29, 0.717) is 5.69 Å². The number of benzene rings is 3. The molecular weight excluding hydrogens is 434 g/mol. The van der Waals surface area contributed by atoms with Gasteiger partial charge in [-0.3, -0.25) is 4.99 Å². The molecule has 31 heavy (non-hydrogen) atoms. The van der Waals surface area contributed by atoms with Crippen molar-refractivity contribution >= 4 is 37.6 Å². The average Bonchev–Trinajstić information content (AvgIpc) is 2.72. The van der Waals surface area contributed by atoms with Crippen LogP contribution in [0.15, 0.2) is 87.6 Å². The molecule has 0 aliphatic rings. The lowest BCUT2D eigenvalue weighted by Crippen LogP contribution is -2.30. The van der Waals surface area contributed by atoms with Gasteiger partial charge in [-0.15, -0.1) is 4.13 Å². The summed E-state index contributed by atoms with van der Waals surface area (Å²) in [6.45, 7) is 1.81. The highest BCUT2D eigenvalue weighted by Gasteiger charge is 2.24. The molecule has 0 unspecified atom stereocenters. The van der Waals surface area contributed by atoms with Gasteiger partial charge in [-0.2, -0.15) is 0 Å². The molecule has 3 aromatic rings. The molecule has 0 aromatic heterocycles. The minimum Gasteiger partial charge on any atom is -0.378 e.